The molecule has 0 radical (unpaired) electrons. The first-order chi connectivity index (χ1) is 16.8. The lowest BCUT2D eigenvalue weighted by Crippen LogP contribution is -2.42. The summed E-state index contributed by atoms with van der Waals surface area (Å²) in [6, 6.07) is 2.13. The Kier molecular flexibility index (Phi) is 15.1. The highest BCUT2D eigenvalue weighted by atomic mass is 28.3. The van der Waals surface area contributed by atoms with Crippen LogP contribution in [-0.2, 0) is 9.47 Å². The van der Waals surface area contributed by atoms with Gasteiger partial charge in [-0.15, -0.1) is 39.5 Å². The molecule has 0 N–H and O–H groups in total. The molecule has 0 aliphatic carbocycles. The molecule has 0 saturated carbocycles. The molecule has 2 atom stereocenters. The van der Waals surface area contributed by atoms with Crippen LogP contribution in [0.3, 0.4) is 0 Å². The van der Waals surface area contributed by atoms with E-state index in [9.17, 15) is 4.79 Å². The molecular weight excluding hydrogens is 509 g/mol. The summed E-state index contributed by atoms with van der Waals surface area (Å²) in [4.78, 5) is 12.6. The van der Waals surface area contributed by atoms with Crippen LogP contribution in [0.15, 0.2) is 73.7 Å². The quantitative estimate of drug-likeness (QED) is 0.110. The van der Waals surface area contributed by atoms with Crippen LogP contribution in [0.5, 0.6) is 0 Å². The Bertz CT molecular complexity index is 667. The molecule has 0 aliphatic rings. The Labute approximate surface area is 227 Å². The average Bonchev–Trinajstić information content (AvgIpc) is 2.87. The molecule has 0 fully saturated rings. The van der Waals surface area contributed by atoms with Gasteiger partial charge in [-0.3, -0.25) is 0 Å². The Morgan fingerprint density at radius 3 is 1.14 bits per heavy atom. The van der Waals surface area contributed by atoms with Gasteiger partial charge in [0.1, 0.15) is 16.1 Å². The highest BCUT2D eigenvalue weighted by molar-refractivity contribution is 6.93. The van der Waals surface area contributed by atoms with E-state index < -0.39 is 38.5 Å². The third-order valence-corrected chi connectivity index (χ3v) is 22.9. The molecule has 0 aromatic rings. The first-order valence-corrected chi connectivity index (χ1v) is 24.9. The maximum Gasteiger partial charge on any atom is 0.507 e. The minimum Gasteiger partial charge on any atom is -0.438 e. The Morgan fingerprint density at radius 2 is 0.917 bits per heavy atom. The molecule has 0 aromatic carbocycles. The van der Waals surface area contributed by atoms with Crippen LogP contribution in [0, 0.1) is 0 Å². The molecule has 3 nitrogen and oxygen atoms in total. The monoisotopic (exact) mass is 562 g/mol. The summed E-state index contributed by atoms with van der Waals surface area (Å²) < 4.78 is 11.4. The van der Waals surface area contributed by atoms with E-state index in [1.807, 2.05) is 0 Å². The van der Waals surface area contributed by atoms with Crippen molar-refractivity contribution in [3.63, 3.8) is 0 Å². The van der Waals surface area contributed by atoms with E-state index in [4.69, 9.17) is 9.47 Å². The fourth-order valence-electron chi connectivity index (χ4n) is 5.02. The summed E-state index contributed by atoms with van der Waals surface area (Å²) in [6.45, 7) is 37.9. The fraction of sp³-hybridized carbons (Fsp3) is 0.552. The smallest absolute Gasteiger partial charge is 0.438 e. The van der Waals surface area contributed by atoms with Gasteiger partial charge in [0.05, 0.1) is 28.6 Å². The predicted octanol–water partition coefficient (Wildman–Crippen LogP) is 9.22. The van der Waals surface area contributed by atoms with Gasteiger partial charge in [-0.1, -0.05) is 99.9 Å². The second kappa shape index (κ2) is 15.7. The summed E-state index contributed by atoms with van der Waals surface area (Å²) in [5, 5.41) is 0. The second-order valence-electron chi connectivity index (χ2n) is 11.5. The number of hydrogen-bond acceptors (Lipinski definition) is 3. The summed E-state index contributed by atoms with van der Waals surface area (Å²) >= 11 is 0. The largest absolute Gasteiger partial charge is 0.507 e. The van der Waals surface area contributed by atoms with Crippen LogP contribution >= 0.6 is 0 Å². The van der Waals surface area contributed by atoms with Crippen molar-refractivity contribution in [1.82, 2.24) is 0 Å². The van der Waals surface area contributed by atoms with Gasteiger partial charge in [0.25, 0.3) is 0 Å². The average molecular weight is 563 g/mol. The van der Waals surface area contributed by atoms with Gasteiger partial charge in [-0.05, 0) is 23.2 Å². The van der Waals surface area contributed by atoms with Crippen LogP contribution in [0.4, 0.5) is 4.79 Å². The van der Waals surface area contributed by atoms with Crippen LogP contribution in [0.25, 0.3) is 0 Å². The van der Waals surface area contributed by atoms with Gasteiger partial charge in [0.2, 0.25) is 0 Å². The lowest BCUT2D eigenvalue weighted by Gasteiger charge is -2.34. The van der Waals surface area contributed by atoms with Crippen molar-refractivity contribution in [3.05, 3.63) is 73.7 Å². The van der Waals surface area contributed by atoms with E-state index in [0.29, 0.717) is 23.5 Å². The molecule has 36 heavy (non-hydrogen) atoms. The van der Waals surface area contributed by atoms with Gasteiger partial charge < -0.3 is 9.47 Å². The van der Waals surface area contributed by atoms with E-state index in [1.165, 1.54) is 0 Å². The molecule has 0 bridgehead atoms. The third kappa shape index (κ3) is 10.1. The maximum absolute atomic E-state index is 12.6. The second-order valence-corrected chi connectivity index (χ2v) is 29.6. The molecule has 2 unspecified atom stereocenters. The summed E-state index contributed by atoms with van der Waals surface area (Å²) in [5.41, 5.74) is 13.5. The van der Waals surface area contributed by atoms with E-state index in [2.05, 4.69) is 114 Å². The molecular formula is C29H54O3Si4. The van der Waals surface area contributed by atoms with E-state index in [-0.39, 0.29) is 0 Å². The number of rotatable bonds is 20. The van der Waals surface area contributed by atoms with E-state index >= 15 is 0 Å². The van der Waals surface area contributed by atoms with Crippen LogP contribution in [0.2, 0.25) is 49.4 Å². The normalized spacial score (nSPS) is 14.2. The van der Waals surface area contributed by atoms with Gasteiger partial charge >= 0.3 is 6.16 Å². The molecule has 0 amide bonds. The highest BCUT2D eigenvalue weighted by Crippen LogP contribution is 2.35. The van der Waals surface area contributed by atoms with Gasteiger partial charge in [-0.25, -0.2) is 4.79 Å². The number of carbonyl (C=O) groups is 1. The molecule has 0 spiro atoms. The number of carbonyl (C=O) groups excluding carboxylic acids is 1. The molecule has 0 rings (SSSR count). The molecule has 204 valence electrons. The van der Waals surface area contributed by atoms with Crippen LogP contribution < -0.4 is 0 Å². The van der Waals surface area contributed by atoms with Crippen molar-refractivity contribution in [2.24, 2.45) is 0 Å². The topological polar surface area (TPSA) is 35.5 Å². The van der Waals surface area contributed by atoms with Gasteiger partial charge in [0.15, 0.2) is 0 Å². The molecule has 0 saturated heterocycles. The zero-order valence-electron chi connectivity index (χ0n) is 24.2. The fourth-order valence-corrected chi connectivity index (χ4v) is 15.0. The molecule has 0 aliphatic heterocycles. The van der Waals surface area contributed by atoms with Crippen LogP contribution in [0.1, 0.15) is 39.5 Å². The molecule has 0 heterocycles. The summed E-state index contributed by atoms with van der Waals surface area (Å²) in [5.74, 6) is 0. The van der Waals surface area contributed by atoms with Crippen molar-refractivity contribution in [1.29, 1.82) is 0 Å². The van der Waals surface area contributed by atoms with Crippen LogP contribution in [-0.4, -0.2) is 50.9 Å². The molecule has 7 heteroatoms. The Balaban J connectivity index is 4.99. The van der Waals surface area contributed by atoms with Gasteiger partial charge in [-0.2, -0.15) is 0 Å². The number of ether oxygens (including phenoxy) is 2. The predicted molar refractivity (Wildman–Crippen MR) is 172 cm³/mol. The first kappa shape index (κ1) is 34.6. The standard InChI is InChI=1S/C29H54O3Si4/c1-13-27(21-23-35(15-3,16-4)17-5)33(9,10)25-31-29(30)32-26-34(11,12)28(14-2)22-24-36(18-6,19-7)20-8/h15-20,27-28H,3-8,13-14,21-26H2,1-2,9-12H3. The third-order valence-electron chi connectivity index (χ3n) is 8.45. The van der Waals surface area contributed by atoms with Crippen molar-refractivity contribution in [3.8, 4) is 0 Å². The van der Waals surface area contributed by atoms with Crippen molar-refractivity contribution >= 4 is 38.5 Å². The Hall–Kier alpha value is -1.42. The maximum atomic E-state index is 12.6. The first-order valence-electron chi connectivity index (χ1n) is 13.4. The van der Waals surface area contributed by atoms with Crippen molar-refractivity contribution in [2.75, 3.05) is 12.5 Å². The zero-order valence-corrected chi connectivity index (χ0v) is 28.2. The zero-order chi connectivity index (χ0) is 28.0. The van der Waals surface area contributed by atoms with Crippen molar-refractivity contribution in [2.45, 2.75) is 88.9 Å². The van der Waals surface area contributed by atoms with E-state index in [1.54, 1.807) is 0 Å². The molecule has 0 aromatic heterocycles. The van der Waals surface area contributed by atoms with E-state index in [0.717, 1.165) is 37.8 Å². The lowest BCUT2D eigenvalue weighted by molar-refractivity contribution is 0.0771. The minimum atomic E-state index is -1.82. The summed E-state index contributed by atoms with van der Waals surface area (Å²) in [7, 11) is -7.24. The number of hydrogen-bond donors (Lipinski definition) is 0. The van der Waals surface area contributed by atoms with Gasteiger partial charge in [0, 0.05) is 0 Å². The minimum absolute atomic E-state index is 0.487. The SMILES string of the molecule is C=C[Si](C=C)(C=C)CCC(CC)[Si](C)(C)COC(=O)OC[Si](C)(C)C(CC)CC[Si](C=C)(C=C)C=C. The summed E-state index contributed by atoms with van der Waals surface area (Å²) in [6.07, 6.45) is 4.80. The van der Waals surface area contributed by atoms with Crippen molar-refractivity contribution < 1.29 is 14.3 Å². The highest BCUT2D eigenvalue weighted by Gasteiger charge is 2.36. The Morgan fingerprint density at radius 1 is 0.639 bits per heavy atom. The lowest BCUT2D eigenvalue weighted by atomic mass is 10.3.